The summed E-state index contributed by atoms with van der Waals surface area (Å²) in [6.07, 6.45) is -8.79. The molecule has 2 saturated heterocycles. The minimum Gasteiger partial charge on any atom is -0.462 e. The van der Waals surface area contributed by atoms with Crippen LogP contribution in [0.15, 0.2) is 60.9 Å². The summed E-state index contributed by atoms with van der Waals surface area (Å²) in [7, 11) is -8.80. The van der Waals surface area contributed by atoms with Crippen molar-refractivity contribution in [3.05, 3.63) is 101 Å². The second-order valence-corrected chi connectivity index (χ2v) is 31.1. The third-order valence-electron chi connectivity index (χ3n) is 17.6. The lowest BCUT2D eigenvalue weighted by molar-refractivity contribution is -0.272. The van der Waals surface area contributed by atoms with E-state index in [1.807, 2.05) is 12.4 Å². The molecule has 0 radical (unpaired) electrons. The molecule has 0 spiro atoms. The number of unbranched alkanes of at least 4 members (excludes halogenated alkanes) is 2. The lowest BCUT2D eigenvalue weighted by Gasteiger charge is -2.40. The number of aromatic nitrogens is 6. The minimum absolute atomic E-state index is 0.0149. The fraction of sp³-hybridized carbons (Fsp3) is 0.648. The van der Waals surface area contributed by atoms with Crippen LogP contribution in [0.3, 0.4) is 0 Å². The first kappa shape index (κ1) is 98.7. The molecule has 0 bridgehead atoms. The predicted molar refractivity (Wildman–Crippen MR) is 415 cm³/mol. The number of anilines is 2. The number of thiocarbonyl (C=S) groups is 2. The quantitative estimate of drug-likeness (QED) is 0.00386. The summed E-state index contributed by atoms with van der Waals surface area (Å²) in [4.78, 5) is 51.0. The van der Waals surface area contributed by atoms with Crippen molar-refractivity contribution < 1.29 is 152 Å². The van der Waals surface area contributed by atoms with Crippen LogP contribution in [0.4, 0.5) is 33.3 Å². The van der Waals surface area contributed by atoms with E-state index in [2.05, 4.69) is 51.5 Å². The zero-order valence-electron chi connectivity index (χ0n) is 64.6. The van der Waals surface area contributed by atoms with Crippen molar-refractivity contribution in [2.24, 2.45) is 0 Å². The summed E-state index contributed by atoms with van der Waals surface area (Å²) in [5, 5.41) is 92.1. The Bertz CT molecular complexity index is 3630. The first-order chi connectivity index (χ1) is 56.6. The van der Waals surface area contributed by atoms with Gasteiger partial charge in [0.05, 0.1) is 174 Å². The molecule has 38 nitrogen and oxygen atoms in total. The molecular formula is C71H106F5N11O27P2S2. The second-order valence-electron chi connectivity index (χ2n) is 26.8. The first-order valence-corrected chi connectivity index (χ1v) is 42.6. The van der Waals surface area contributed by atoms with Gasteiger partial charge in [0.15, 0.2) is 10.2 Å². The van der Waals surface area contributed by atoms with Crippen molar-refractivity contribution in [3.63, 3.8) is 0 Å². The van der Waals surface area contributed by atoms with Gasteiger partial charge in [0.1, 0.15) is 48.1 Å². The van der Waals surface area contributed by atoms with Gasteiger partial charge in [0, 0.05) is 56.5 Å². The number of hydrogen-bond donors (Lipinski definition) is 14. The Morgan fingerprint density at radius 1 is 0.458 bits per heavy atom. The van der Waals surface area contributed by atoms with Gasteiger partial charge in [-0.3, -0.25) is 18.8 Å². The number of rotatable bonds is 59. The average molecular weight is 1770 g/mol. The van der Waals surface area contributed by atoms with Gasteiger partial charge in [-0.2, -0.15) is 8.78 Å². The summed E-state index contributed by atoms with van der Waals surface area (Å²) in [6, 6.07) is 13.0. The van der Waals surface area contributed by atoms with Crippen molar-refractivity contribution in [1.82, 2.24) is 45.5 Å². The number of aliphatic hydroxyl groups is 6. The topological polar surface area (TPSA) is 496 Å². The molecule has 0 unspecified atom stereocenters. The molecule has 664 valence electrons. The van der Waals surface area contributed by atoms with Crippen molar-refractivity contribution in [2.75, 3.05) is 175 Å². The molecule has 0 amide bonds. The number of benzene rings is 3. The van der Waals surface area contributed by atoms with Gasteiger partial charge in [-0.15, -0.1) is 10.2 Å². The molecule has 0 aliphatic carbocycles. The molecule has 10 atom stereocenters. The van der Waals surface area contributed by atoms with Gasteiger partial charge in [-0.05, 0) is 124 Å². The fourth-order valence-electron chi connectivity index (χ4n) is 11.2. The van der Waals surface area contributed by atoms with E-state index in [9.17, 15) is 86.1 Å². The van der Waals surface area contributed by atoms with Gasteiger partial charge in [0.2, 0.25) is 47.4 Å². The van der Waals surface area contributed by atoms with E-state index >= 15 is 0 Å². The number of esters is 1. The van der Waals surface area contributed by atoms with Crippen molar-refractivity contribution in [1.29, 1.82) is 0 Å². The Balaban J connectivity index is 0.685. The SMILES string of the molecule is O=C(CCOCCOCCOCCN(CCOCCOCCOCCn1cc(CCCCNC(=S)Nc2ccc(O[C@H]3O[C@H](CCP(=O)(O)O)[C@@H](O)[C@H](O)[C@@H]3O)cc2)nn1)CCOCCOCCOCCn1cc(CCCCNC(=S)Nc2ccc(O[C@H]3O[C@H](CCP(=O)(O)O)[C@@H](O)[C@H](O)[C@@H]3O)cc2)nn1)Oc1c(F)c(F)c(F)c(F)c1F. The average Bonchev–Trinajstić information content (AvgIpc) is 0.948. The summed E-state index contributed by atoms with van der Waals surface area (Å²) >= 11 is 10.9. The zero-order chi connectivity index (χ0) is 85.2. The highest BCUT2D eigenvalue weighted by atomic mass is 32.1. The molecule has 7 rings (SSSR count). The van der Waals surface area contributed by atoms with E-state index in [0.717, 1.165) is 37.1 Å². The lowest BCUT2D eigenvalue weighted by atomic mass is 9.97. The molecule has 3 aromatic carbocycles. The number of halogens is 5. The molecule has 4 heterocycles. The molecule has 47 heteroatoms. The number of hydrogen-bond acceptors (Lipinski definition) is 30. The first-order valence-electron chi connectivity index (χ1n) is 38.1. The van der Waals surface area contributed by atoms with Gasteiger partial charge in [-0.1, -0.05) is 10.4 Å². The maximum Gasteiger partial charge on any atom is 0.325 e. The largest absolute Gasteiger partial charge is 0.462 e. The maximum atomic E-state index is 13.9. The van der Waals surface area contributed by atoms with Gasteiger partial charge < -0.3 is 138 Å². The summed E-state index contributed by atoms with van der Waals surface area (Å²) in [5.41, 5.74) is 2.93. The van der Waals surface area contributed by atoms with Crippen LogP contribution in [-0.2, 0) is 92.0 Å². The number of carbonyl (C=O) groups excluding carboxylic acids is 1. The van der Waals surface area contributed by atoms with Gasteiger partial charge >= 0.3 is 21.2 Å². The van der Waals surface area contributed by atoms with Crippen molar-refractivity contribution in [2.45, 2.75) is 132 Å². The molecule has 2 aliphatic rings. The van der Waals surface area contributed by atoms with Crippen LogP contribution < -0.4 is 35.5 Å². The summed E-state index contributed by atoms with van der Waals surface area (Å²) in [5.74, 6) is -13.9. The van der Waals surface area contributed by atoms with Crippen LogP contribution in [0.25, 0.3) is 0 Å². The van der Waals surface area contributed by atoms with Crippen molar-refractivity contribution >= 4 is 67.2 Å². The molecule has 2 aromatic heterocycles. The van der Waals surface area contributed by atoms with Gasteiger partial charge in [0.25, 0.3) is 0 Å². The van der Waals surface area contributed by atoms with Crippen molar-refractivity contribution in [3.8, 4) is 17.2 Å². The standard InChI is InChI=1S/C71H106F5N11O27P2S2/c72-56-57(73)59(75)67(60(76)58(56)74)114-55(88)15-25-101-31-37-107-38-32-102-26-20-85(21-27-103-33-39-108-41-35-105-29-23-86-45-49(81-83-86)5-1-3-18-77-70(117)79-47-7-11-51(12-8-47)110-68-65(93)63(91)61(89)53(112-68)16-43-115(95,96)97)22-28-104-34-40-109-42-36-106-30-24-87-46-50(82-84-87)6-2-4-19-78-71(118)80-48-9-13-52(14-10-48)111-69-66(94)64(92)62(90)54(113-69)17-44-116(98,99)100/h7-14,45-46,53-54,61-66,68-69,89-94H,1-6,15-44H2,(H2,77,79,117)(H2,78,80,118)(H2,95,96,97)(H2,98,99,100)/t53-,54-,61-,62-,63+,64+,65+,66+,68+,69+/m1/s1. The number of aryl methyl sites for hydroxylation is 2. The highest BCUT2D eigenvalue weighted by Gasteiger charge is 2.47. The third-order valence-corrected chi connectivity index (χ3v) is 19.8. The number of aliphatic hydroxyl groups excluding tert-OH is 6. The molecule has 2 aliphatic heterocycles. The normalized spacial score (nSPS) is 19.7. The van der Waals surface area contributed by atoms with E-state index in [4.69, 9.17) is 86.0 Å². The Morgan fingerprint density at radius 3 is 1.16 bits per heavy atom. The van der Waals surface area contributed by atoms with E-state index in [1.165, 1.54) is 0 Å². The predicted octanol–water partition coefficient (Wildman–Crippen LogP) is 1.84. The van der Waals surface area contributed by atoms with Crippen LogP contribution >= 0.6 is 39.6 Å². The van der Waals surface area contributed by atoms with Crippen LogP contribution in [0, 0.1) is 29.1 Å². The molecule has 14 N–H and O–H groups in total. The molecular weight excluding hydrogens is 1660 g/mol. The fourth-order valence-corrected chi connectivity index (χ4v) is 12.8. The van der Waals surface area contributed by atoms with Crippen LogP contribution in [0.5, 0.6) is 17.2 Å². The van der Waals surface area contributed by atoms with Crippen LogP contribution in [-0.4, -0.2) is 327 Å². The van der Waals surface area contributed by atoms with Crippen LogP contribution in [0.2, 0.25) is 0 Å². The van der Waals surface area contributed by atoms with Crippen LogP contribution in [0.1, 0.15) is 56.3 Å². The summed E-state index contributed by atoms with van der Waals surface area (Å²) in [6.45, 7) is 8.84. The van der Waals surface area contributed by atoms with E-state index in [-0.39, 0.29) is 57.4 Å². The molecule has 0 saturated carbocycles. The lowest BCUT2D eigenvalue weighted by Crippen LogP contribution is -2.59. The number of carbonyl (C=O) groups is 1. The minimum atomic E-state index is -4.40. The Kier molecular flexibility index (Phi) is 44.8. The third kappa shape index (κ3) is 37.5. The zero-order valence-corrected chi connectivity index (χ0v) is 68.1. The Labute approximate surface area is 687 Å². The van der Waals surface area contributed by atoms with E-state index in [1.54, 1.807) is 57.9 Å². The Morgan fingerprint density at radius 2 is 0.797 bits per heavy atom. The van der Waals surface area contributed by atoms with E-state index < -0.39 is 136 Å². The molecule has 118 heavy (non-hydrogen) atoms. The molecule has 5 aromatic rings. The second kappa shape index (κ2) is 53.5. The molecule has 2 fully saturated rings. The smallest absolute Gasteiger partial charge is 0.325 e. The number of ether oxygens (including phenoxy) is 14. The Hall–Kier alpha value is -6.38. The number of nitrogens with zero attached hydrogens (tertiary/aromatic N) is 7. The summed E-state index contributed by atoms with van der Waals surface area (Å²) < 4.78 is 172. The maximum absolute atomic E-state index is 13.9. The monoisotopic (exact) mass is 1770 g/mol. The highest BCUT2D eigenvalue weighted by Crippen LogP contribution is 2.39. The van der Waals surface area contributed by atoms with Gasteiger partial charge in [-0.25, -0.2) is 22.5 Å². The highest BCUT2D eigenvalue weighted by molar-refractivity contribution is 7.80. The number of nitrogens with one attached hydrogen (secondary N) is 4. The van der Waals surface area contributed by atoms with E-state index in [0.29, 0.717) is 166 Å².